The van der Waals surface area contributed by atoms with Gasteiger partial charge in [0.15, 0.2) is 0 Å². The predicted molar refractivity (Wildman–Crippen MR) is 128 cm³/mol. The number of hydrogen-bond donors (Lipinski definition) is 1. The second kappa shape index (κ2) is 12.6. The number of carbonyl (C=O) groups excluding carboxylic acids is 2. The van der Waals surface area contributed by atoms with Crippen LogP contribution in [0, 0.1) is 0 Å². The Morgan fingerprint density at radius 3 is 2.48 bits per heavy atom. The highest BCUT2D eigenvalue weighted by molar-refractivity contribution is 7.99. The molecule has 0 aliphatic rings. The first-order chi connectivity index (χ1) is 14.8. The first kappa shape index (κ1) is 25.1. The highest BCUT2D eigenvalue weighted by Gasteiger charge is 2.26. The molecule has 0 aliphatic carbocycles. The Balaban J connectivity index is 2.02. The number of ether oxygens (including phenoxy) is 1. The van der Waals surface area contributed by atoms with Gasteiger partial charge in [-0.3, -0.25) is 9.59 Å². The van der Waals surface area contributed by atoms with Crippen LogP contribution < -0.4 is 10.1 Å². The van der Waals surface area contributed by atoms with Crippen molar-refractivity contribution < 1.29 is 14.3 Å². The summed E-state index contributed by atoms with van der Waals surface area (Å²) in [5.74, 6) is 1.35. The Bertz CT molecular complexity index is 858. The van der Waals surface area contributed by atoms with Crippen LogP contribution in [0.5, 0.6) is 5.75 Å². The van der Waals surface area contributed by atoms with E-state index in [0.29, 0.717) is 18.0 Å². The van der Waals surface area contributed by atoms with Crippen molar-refractivity contribution >= 4 is 35.2 Å². The van der Waals surface area contributed by atoms with E-state index >= 15 is 0 Å². The fourth-order valence-electron chi connectivity index (χ4n) is 3.04. The summed E-state index contributed by atoms with van der Waals surface area (Å²) in [6.07, 6.45) is 1.10. The van der Waals surface area contributed by atoms with Gasteiger partial charge in [-0.1, -0.05) is 23.7 Å². The summed E-state index contributed by atoms with van der Waals surface area (Å²) in [4.78, 5) is 28.5. The van der Waals surface area contributed by atoms with E-state index in [1.807, 2.05) is 62.4 Å². The number of thioether (sulfide) groups is 1. The molecule has 2 aromatic rings. The second-order valence-corrected chi connectivity index (χ2v) is 9.22. The minimum Gasteiger partial charge on any atom is -0.497 e. The van der Waals surface area contributed by atoms with E-state index in [1.54, 1.807) is 30.7 Å². The molecule has 0 unspecified atom stereocenters. The molecule has 0 radical (unpaired) electrons. The van der Waals surface area contributed by atoms with Gasteiger partial charge >= 0.3 is 0 Å². The molecule has 1 atom stereocenters. The third-order valence-corrected chi connectivity index (χ3v) is 6.05. The zero-order valence-corrected chi connectivity index (χ0v) is 20.1. The summed E-state index contributed by atoms with van der Waals surface area (Å²) in [5.41, 5.74) is 0.924. The SMILES string of the molecule is COc1cccc(CN(C(=O)CCCSc2ccc(Cl)cc2)[C@H](C)C(=O)NC(C)C)c1. The number of nitrogens with zero attached hydrogens (tertiary/aromatic N) is 1. The summed E-state index contributed by atoms with van der Waals surface area (Å²) in [6.45, 7) is 5.95. The van der Waals surface area contributed by atoms with E-state index in [2.05, 4.69) is 5.32 Å². The summed E-state index contributed by atoms with van der Waals surface area (Å²) < 4.78 is 5.29. The maximum absolute atomic E-state index is 13.1. The molecule has 168 valence electrons. The van der Waals surface area contributed by atoms with E-state index < -0.39 is 6.04 Å². The van der Waals surface area contributed by atoms with Crippen molar-refractivity contribution in [1.29, 1.82) is 0 Å². The van der Waals surface area contributed by atoms with Crippen LogP contribution in [0.2, 0.25) is 5.02 Å². The van der Waals surface area contributed by atoms with Crippen molar-refractivity contribution in [3.05, 3.63) is 59.1 Å². The largest absolute Gasteiger partial charge is 0.497 e. The number of halogens is 1. The lowest BCUT2D eigenvalue weighted by molar-refractivity contribution is -0.140. The highest BCUT2D eigenvalue weighted by atomic mass is 35.5. The van der Waals surface area contributed by atoms with Crippen molar-refractivity contribution in [3.8, 4) is 5.75 Å². The topological polar surface area (TPSA) is 58.6 Å². The third-order valence-electron chi connectivity index (χ3n) is 4.70. The fraction of sp³-hybridized carbons (Fsp3) is 0.417. The highest BCUT2D eigenvalue weighted by Crippen LogP contribution is 2.22. The van der Waals surface area contributed by atoms with Gasteiger partial charge in [0.05, 0.1) is 7.11 Å². The number of benzene rings is 2. The van der Waals surface area contributed by atoms with Crippen LogP contribution in [-0.2, 0) is 16.1 Å². The van der Waals surface area contributed by atoms with Gasteiger partial charge in [0.2, 0.25) is 11.8 Å². The van der Waals surface area contributed by atoms with E-state index in [9.17, 15) is 9.59 Å². The molecule has 0 aromatic heterocycles. The van der Waals surface area contributed by atoms with Gasteiger partial charge < -0.3 is 15.0 Å². The van der Waals surface area contributed by atoms with Gasteiger partial charge in [0.25, 0.3) is 0 Å². The fourth-order valence-corrected chi connectivity index (χ4v) is 4.02. The van der Waals surface area contributed by atoms with Crippen LogP contribution >= 0.6 is 23.4 Å². The van der Waals surface area contributed by atoms with Gasteiger partial charge in [0.1, 0.15) is 11.8 Å². The predicted octanol–water partition coefficient (Wildman–Crippen LogP) is 5.16. The minimum absolute atomic E-state index is 0.0134. The number of carbonyl (C=O) groups is 2. The Hall–Kier alpha value is -2.18. The molecule has 0 bridgehead atoms. The van der Waals surface area contributed by atoms with Crippen LogP contribution in [-0.4, -0.2) is 41.7 Å². The van der Waals surface area contributed by atoms with E-state index in [0.717, 1.165) is 28.4 Å². The smallest absolute Gasteiger partial charge is 0.242 e. The Morgan fingerprint density at radius 1 is 1.13 bits per heavy atom. The van der Waals surface area contributed by atoms with Gasteiger partial charge in [-0.25, -0.2) is 0 Å². The van der Waals surface area contributed by atoms with Gasteiger partial charge in [-0.15, -0.1) is 11.8 Å². The van der Waals surface area contributed by atoms with Crippen LogP contribution in [0.4, 0.5) is 0 Å². The first-order valence-corrected chi connectivity index (χ1v) is 11.8. The summed E-state index contributed by atoms with van der Waals surface area (Å²) in [6, 6.07) is 14.7. The second-order valence-electron chi connectivity index (χ2n) is 7.62. The number of nitrogens with one attached hydrogen (secondary N) is 1. The summed E-state index contributed by atoms with van der Waals surface area (Å²) >= 11 is 7.61. The van der Waals surface area contributed by atoms with Crippen molar-refractivity contribution in [3.63, 3.8) is 0 Å². The van der Waals surface area contributed by atoms with Crippen molar-refractivity contribution in [2.45, 2.75) is 57.1 Å². The standard InChI is InChI=1S/C24H31ClN2O3S/c1-17(2)26-24(29)18(3)27(16-19-7-5-8-21(15-19)30-4)23(28)9-6-14-31-22-12-10-20(25)11-13-22/h5,7-8,10-13,15,17-18H,6,9,14,16H2,1-4H3,(H,26,29)/t18-/m1/s1. The lowest BCUT2D eigenvalue weighted by atomic mass is 10.1. The molecule has 31 heavy (non-hydrogen) atoms. The summed E-state index contributed by atoms with van der Waals surface area (Å²) in [7, 11) is 1.61. The van der Waals surface area contributed by atoms with Crippen LogP contribution in [0.1, 0.15) is 39.2 Å². The van der Waals surface area contributed by atoms with Gasteiger partial charge in [-0.05, 0) is 74.9 Å². The average Bonchev–Trinajstić information content (AvgIpc) is 2.75. The molecule has 0 spiro atoms. The molecular weight excluding hydrogens is 432 g/mol. The Kier molecular flexibility index (Phi) is 10.2. The van der Waals surface area contributed by atoms with Gasteiger partial charge in [0, 0.05) is 28.9 Å². The molecule has 0 saturated carbocycles. The van der Waals surface area contributed by atoms with Crippen molar-refractivity contribution in [2.24, 2.45) is 0 Å². The first-order valence-electron chi connectivity index (χ1n) is 10.4. The van der Waals surface area contributed by atoms with E-state index in [-0.39, 0.29) is 17.9 Å². The maximum Gasteiger partial charge on any atom is 0.242 e. The van der Waals surface area contributed by atoms with E-state index in [1.165, 1.54) is 0 Å². The number of hydrogen-bond acceptors (Lipinski definition) is 4. The zero-order chi connectivity index (χ0) is 22.8. The molecule has 2 rings (SSSR count). The normalized spacial score (nSPS) is 11.8. The molecule has 7 heteroatoms. The minimum atomic E-state index is -0.565. The third kappa shape index (κ3) is 8.46. The molecule has 5 nitrogen and oxygen atoms in total. The average molecular weight is 463 g/mol. The maximum atomic E-state index is 13.1. The van der Waals surface area contributed by atoms with E-state index in [4.69, 9.17) is 16.3 Å². The Morgan fingerprint density at radius 2 is 1.84 bits per heavy atom. The monoisotopic (exact) mass is 462 g/mol. The van der Waals surface area contributed by atoms with Gasteiger partial charge in [-0.2, -0.15) is 0 Å². The van der Waals surface area contributed by atoms with Crippen LogP contribution in [0.3, 0.4) is 0 Å². The molecule has 0 heterocycles. The number of methoxy groups -OCH3 is 1. The molecule has 0 saturated heterocycles. The van der Waals surface area contributed by atoms with Crippen molar-refractivity contribution in [2.75, 3.05) is 12.9 Å². The molecule has 2 amide bonds. The molecule has 1 N–H and O–H groups in total. The quantitative estimate of drug-likeness (QED) is 0.370. The number of amides is 2. The van der Waals surface area contributed by atoms with Crippen molar-refractivity contribution in [1.82, 2.24) is 10.2 Å². The molecule has 2 aromatic carbocycles. The molecular formula is C24H31ClN2O3S. The zero-order valence-electron chi connectivity index (χ0n) is 18.6. The van der Waals surface area contributed by atoms with Crippen LogP contribution in [0.25, 0.3) is 0 Å². The summed E-state index contributed by atoms with van der Waals surface area (Å²) in [5, 5.41) is 3.62. The molecule has 0 aliphatic heterocycles. The lowest BCUT2D eigenvalue weighted by Gasteiger charge is -2.29. The number of rotatable bonds is 11. The van der Waals surface area contributed by atoms with Crippen LogP contribution in [0.15, 0.2) is 53.4 Å². The lowest BCUT2D eigenvalue weighted by Crippen LogP contribution is -2.49. The molecule has 0 fully saturated rings. The Labute approximate surface area is 194 Å².